The molecule has 0 spiro atoms. The molecule has 0 saturated heterocycles. The van der Waals surface area contributed by atoms with E-state index in [9.17, 15) is 0 Å². The van der Waals surface area contributed by atoms with Gasteiger partial charge in [0.15, 0.2) is 0 Å². The summed E-state index contributed by atoms with van der Waals surface area (Å²) in [5.74, 6) is 0. The minimum Gasteiger partial charge on any atom is -0.380 e. The highest BCUT2D eigenvalue weighted by Crippen LogP contribution is 1.52. The molecule has 0 unspecified atom stereocenters. The van der Waals surface area contributed by atoms with E-state index in [4.69, 9.17) is 5.11 Å². The van der Waals surface area contributed by atoms with E-state index in [0.717, 1.165) is 0 Å². The maximum atomic E-state index is 7.86. The van der Waals surface area contributed by atoms with Crippen LogP contribution in [0.1, 0.15) is 0 Å². The fourth-order valence-electron chi connectivity index (χ4n) is 0.0299. The van der Waals surface area contributed by atoms with Gasteiger partial charge in [-0.25, -0.2) is 5.43 Å². The van der Waals surface area contributed by atoms with Crippen LogP contribution in [0.25, 0.3) is 0 Å². The highest BCUT2D eigenvalue weighted by molar-refractivity contribution is 9.08. The first kappa shape index (κ1) is 5.36. The van der Waals surface area contributed by atoms with E-state index in [2.05, 4.69) is 26.0 Å². The molecule has 5 heavy (non-hydrogen) atoms. The van der Waals surface area contributed by atoms with Gasteiger partial charge in [0.1, 0.15) is 6.73 Å². The summed E-state index contributed by atoms with van der Waals surface area (Å²) in [6, 6.07) is 0. The van der Waals surface area contributed by atoms with Gasteiger partial charge < -0.3 is 5.11 Å². The molecular formula is CH5BrN2O. The molecule has 0 amide bonds. The largest absolute Gasteiger partial charge is 0.380 e. The molecule has 0 saturated carbocycles. The molecule has 0 aliphatic rings. The minimum atomic E-state index is -0.0642. The van der Waals surface area contributed by atoms with E-state index < -0.39 is 0 Å². The van der Waals surface area contributed by atoms with Gasteiger partial charge in [-0.15, -0.1) is 0 Å². The highest BCUT2D eigenvalue weighted by atomic mass is 79.9. The second kappa shape index (κ2) is 4.36. The Labute approximate surface area is 38.7 Å². The molecule has 0 fully saturated rings. The van der Waals surface area contributed by atoms with Crippen molar-refractivity contribution in [2.24, 2.45) is 0 Å². The SMILES string of the molecule is OCNNBr. The Balaban J connectivity index is 2.19. The van der Waals surface area contributed by atoms with Gasteiger partial charge in [0, 0.05) is 16.1 Å². The summed E-state index contributed by atoms with van der Waals surface area (Å²) in [5.41, 5.74) is 2.33. The number of halogens is 1. The molecule has 0 radical (unpaired) electrons. The Bertz CT molecular complexity index is 17.1. The average molecular weight is 141 g/mol. The van der Waals surface area contributed by atoms with Gasteiger partial charge in [0.05, 0.1) is 0 Å². The standard InChI is InChI=1S/CH5BrN2O/c2-4-3-1-5/h3-5H,1H2. The van der Waals surface area contributed by atoms with E-state index in [0.29, 0.717) is 0 Å². The summed E-state index contributed by atoms with van der Waals surface area (Å²) in [6.45, 7) is -0.0642. The fraction of sp³-hybridized carbons (Fsp3) is 1.00. The Morgan fingerprint density at radius 2 is 2.40 bits per heavy atom. The van der Waals surface area contributed by atoms with Crippen molar-refractivity contribution in [1.29, 1.82) is 0 Å². The number of hydrogen-bond acceptors (Lipinski definition) is 3. The molecule has 0 bridgehead atoms. The Hall–Kier alpha value is 0.360. The Morgan fingerprint density at radius 1 is 1.80 bits per heavy atom. The third-order valence-corrected chi connectivity index (χ3v) is 0.426. The molecule has 3 N–H and O–H groups in total. The number of rotatable bonds is 2. The van der Waals surface area contributed by atoms with E-state index in [-0.39, 0.29) is 6.73 Å². The van der Waals surface area contributed by atoms with E-state index in [1.165, 1.54) is 0 Å². The summed E-state index contributed by atoms with van der Waals surface area (Å²) in [6.07, 6.45) is 0. The zero-order chi connectivity index (χ0) is 4.12. The molecule has 4 heteroatoms. The summed E-state index contributed by atoms with van der Waals surface area (Å²) in [5, 5.41) is 7.86. The van der Waals surface area contributed by atoms with Crippen LogP contribution in [0.3, 0.4) is 0 Å². The van der Waals surface area contributed by atoms with Crippen LogP contribution in [0.5, 0.6) is 0 Å². The van der Waals surface area contributed by atoms with Crippen LogP contribution in [0.15, 0.2) is 0 Å². The molecule has 0 aliphatic heterocycles. The normalized spacial score (nSPS) is 8.40. The van der Waals surface area contributed by atoms with E-state index >= 15 is 0 Å². The van der Waals surface area contributed by atoms with Crippen molar-refractivity contribution in [3.63, 3.8) is 0 Å². The zero-order valence-corrected chi connectivity index (χ0v) is 4.12. The van der Waals surface area contributed by atoms with Crippen molar-refractivity contribution < 1.29 is 5.11 Å². The lowest BCUT2D eigenvalue weighted by Gasteiger charge is -1.86. The van der Waals surface area contributed by atoms with Gasteiger partial charge >= 0.3 is 0 Å². The quantitative estimate of drug-likeness (QED) is 0.271. The number of aliphatic hydroxyl groups is 1. The lowest BCUT2D eigenvalue weighted by Crippen LogP contribution is -2.22. The number of hydrogen-bond donors (Lipinski definition) is 3. The molecule has 0 atom stereocenters. The maximum absolute atomic E-state index is 7.86. The molecule has 0 aromatic heterocycles. The van der Waals surface area contributed by atoms with Crippen molar-refractivity contribution >= 4 is 16.1 Å². The third kappa shape index (κ3) is 4.36. The lowest BCUT2D eigenvalue weighted by molar-refractivity contribution is 0.257. The topological polar surface area (TPSA) is 44.3 Å². The summed E-state index contributed by atoms with van der Waals surface area (Å²) in [7, 11) is 0. The summed E-state index contributed by atoms with van der Waals surface area (Å²) in [4.78, 5) is 0. The molecule has 0 aliphatic carbocycles. The summed E-state index contributed by atoms with van der Waals surface area (Å²) < 4.78 is 2.33. The number of nitrogens with one attached hydrogen (secondary N) is 2. The van der Waals surface area contributed by atoms with Crippen LogP contribution in [0.2, 0.25) is 0 Å². The number of hydrazine groups is 1. The van der Waals surface area contributed by atoms with Crippen molar-refractivity contribution in [3.05, 3.63) is 0 Å². The van der Waals surface area contributed by atoms with Gasteiger partial charge in [-0.2, -0.15) is 4.45 Å². The van der Waals surface area contributed by atoms with Crippen LogP contribution >= 0.6 is 16.1 Å². The molecule has 32 valence electrons. The van der Waals surface area contributed by atoms with E-state index in [1.54, 1.807) is 0 Å². The predicted molar refractivity (Wildman–Crippen MR) is 22.3 cm³/mol. The number of aliphatic hydroxyl groups excluding tert-OH is 1. The monoisotopic (exact) mass is 140 g/mol. The molecule has 3 nitrogen and oxygen atoms in total. The zero-order valence-electron chi connectivity index (χ0n) is 2.53. The van der Waals surface area contributed by atoms with Crippen molar-refractivity contribution in [3.8, 4) is 0 Å². The molecule has 0 rings (SSSR count). The van der Waals surface area contributed by atoms with Gasteiger partial charge in [-0.05, 0) is 0 Å². The highest BCUT2D eigenvalue weighted by Gasteiger charge is 1.62. The van der Waals surface area contributed by atoms with Crippen molar-refractivity contribution in [2.45, 2.75) is 0 Å². The van der Waals surface area contributed by atoms with Crippen LogP contribution in [-0.2, 0) is 0 Å². The minimum absolute atomic E-state index is 0.0642. The van der Waals surface area contributed by atoms with Crippen molar-refractivity contribution in [1.82, 2.24) is 9.88 Å². The average Bonchev–Trinajstić information content (AvgIpc) is 1.41. The predicted octanol–water partition coefficient (Wildman–Crippen LogP) is -0.660. The van der Waals surface area contributed by atoms with Gasteiger partial charge in [-0.1, -0.05) is 0 Å². The van der Waals surface area contributed by atoms with E-state index in [1.807, 2.05) is 0 Å². The molecular weight excluding hydrogens is 136 g/mol. The van der Waals surface area contributed by atoms with Gasteiger partial charge in [-0.3, -0.25) is 0 Å². The second-order valence-electron chi connectivity index (χ2n) is 0.429. The fourth-order valence-corrected chi connectivity index (χ4v) is 0.155. The van der Waals surface area contributed by atoms with Crippen LogP contribution in [0, 0.1) is 0 Å². The van der Waals surface area contributed by atoms with Crippen LogP contribution in [-0.4, -0.2) is 11.8 Å². The van der Waals surface area contributed by atoms with Gasteiger partial charge in [0.2, 0.25) is 0 Å². The first-order chi connectivity index (χ1) is 2.41. The molecule has 0 heterocycles. The van der Waals surface area contributed by atoms with Crippen LogP contribution in [0.4, 0.5) is 0 Å². The van der Waals surface area contributed by atoms with Gasteiger partial charge in [0.25, 0.3) is 0 Å². The molecule has 0 aromatic carbocycles. The third-order valence-electron chi connectivity index (χ3n) is 0.146. The van der Waals surface area contributed by atoms with Crippen molar-refractivity contribution in [2.75, 3.05) is 6.73 Å². The summed E-state index contributed by atoms with van der Waals surface area (Å²) >= 11 is 2.79. The Kier molecular flexibility index (Phi) is 4.67. The second-order valence-corrected chi connectivity index (χ2v) is 0.826. The first-order valence-corrected chi connectivity index (χ1v) is 1.90. The lowest BCUT2D eigenvalue weighted by atomic mass is 11.4. The smallest absolute Gasteiger partial charge is 0.106 e. The van der Waals surface area contributed by atoms with Crippen LogP contribution < -0.4 is 9.88 Å². The maximum Gasteiger partial charge on any atom is 0.106 e. The molecule has 0 aromatic rings. The first-order valence-electron chi connectivity index (χ1n) is 1.11. The Morgan fingerprint density at radius 3 is 2.40 bits per heavy atom.